The number of rotatable bonds is 4. The molecule has 3 aromatic rings. The highest BCUT2D eigenvalue weighted by Crippen LogP contribution is 2.23. The number of benzene rings is 1. The van der Waals surface area contributed by atoms with Gasteiger partial charge in [-0.25, -0.2) is 4.68 Å². The zero-order valence-corrected chi connectivity index (χ0v) is 12.2. The maximum Gasteiger partial charge on any atom is 0.0751 e. The average Bonchev–Trinajstić information content (AvgIpc) is 2.98. The third kappa shape index (κ3) is 2.71. The number of aryl methyl sites for hydroxylation is 1. The normalized spacial score (nSPS) is 12.3. The summed E-state index contributed by atoms with van der Waals surface area (Å²) in [6.07, 6.45) is 3.68. The molecule has 0 saturated heterocycles. The molecule has 0 amide bonds. The Morgan fingerprint density at radius 1 is 1.05 bits per heavy atom. The molecule has 0 bridgehead atoms. The highest BCUT2D eigenvalue weighted by Gasteiger charge is 2.17. The molecule has 0 aliphatic heterocycles. The first-order chi connectivity index (χ1) is 10.3. The van der Waals surface area contributed by atoms with Crippen molar-refractivity contribution in [2.24, 2.45) is 0 Å². The maximum atomic E-state index is 4.46. The average molecular weight is 278 g/mol. The number of pyridine rings is 1. The first-order valence-corrected chi connectivity index (χ1v) is 6.99. The van der Waals surface area contributed by atoms with Gasteiger partial charge in [-0.05, 0) is 49.9 Å². The van der Waals surface area contributed by atoms with Crippen LogP contribution in [0.3, 0.4) is 0 Å². The molecule has 0 saturated carbocycles. The van der Waals surface area contributed by atoms with Crippen LogP contribution in [0.2, 0.25) is 0 Å². The zero-order valence-electron chi connectivity index (χ0n) is 12.2. The molecule has 0 aliphatic rings. The van der Waals surface area contributed by atoms with Crippen molar-refractivity contribution in [3.63, 3.8) is 0 Å². The Morgan fingerprint density at radius 3 is 2.57 bits per heavy atom. The van der Waals surface area contributed by atoms with E-state index in [-0.39, 0.29) is 6.04 Å². The molecule has 1 atom stereocenters. The number of nitrogens with zero attached hydrogens (tertiary/aromatic N) is 3. The SMILES string of the molecule is CNC(c1ccnc(C)c1)c1ccnn1-c1ccccc1. The number of hydrogen-bond donors (Lipinski definition) is 1. The molecule has 0 spiro atoms. The van der Waals surface area contributed by atoms with Crippen molar-refractivity contribution in [2.45, 2.75) is 13.0 Å². The lowest BCUT2D eigenvalue weighted by atomic mass is 10.0. The minimum Gasteiger partial charge on any atom is -0.308 e. The van der Waals surface area contributed by atoms with Crippen LogP contribution in [-0.2, 0) is 0 Å². The number of nitrogens with one attached hydrogen (secondary N) is 1. The van der Waals surface area contributed by atoms with Crippen LogP contribution >= 0.6 is 0 Å². The largest absolute Gasteiger partial charge is 0.308 e. The summed E-state index contributed by atoms with van der Waals surface area (Å²) in [5, 5.41) is 7.83. The minimum atomic E-state index is 0.0782. The summed E-state index contributed by atoms with van der Waals surface area (Å²) >= 11 is 0. The second kappa shape index (κ2) is 5.89. The van der Waals surface area contributed by atoms with Crippen molar-refractivity contribution in [3.8, 4) is 5.69 Å². The van der Waals surface area contributed by atoms with Crippen LogP contribution in [0.4, 0.5) is 0 Å². The molecule has 3 rings (SSSR count). The first-order valence-electron chi connectivity index (χ1n) is 6.99. The van der Waals surface area contributed by atoms with Crippen LogP contribution in [0.5, 0.6) is 0 Å². The number of hydrogen-bond acceptors (Lipinski definition) is 3. The fraction of sp³-hybridized carbons (Fsp3) is 0.176. The molecule has 0 radical (unpaired) electrons. The Bertz CT molecular complexity index is 718. The molecule has 2 aromatic heterocycles. The lowest BCUT2D eigenvalue weighted by molar-refractivity contribution is 0.636. The van der Waals surface area contributed by atoms with Gasteiger partial charge in [0.15, 0.2) is 0 Å². The molecule has 0 fully saturated rings. The zero-order chi connectivity index (χ0) is 14.7. The molecule has 106 valence electrons. The van der Waals surface area contributed by atoms with Crippen LogP contribution in [0, 0.1) is 6.92 Å². The van der Waals surface area contributed by atoms with E-state index < -0.39 is 0 Å². The third-order valence-corrected chi connectivity index (χ3v) is 3.51. The minimum absolute atomic E-state index is 0.0782. The van der Waals surface area contributed by atoms with Crippen molar-refractivity contribution in [1.82, 2.24) is 20.1 Å². The standard InChI is InChI=1S/C17H18N4/c1-13-12-14(8-10-19-13)17(18-2)16-9-11-20-21(16)15-6-4-3-5-7-15/h3-12,17-18H,1-2H3. The van der Waals surface area contributed by atoms with Crippen LogP contribution < -0.4 is 5.32 Å². The van der Waals surface area contributed by atoms with E-state index in [0.29, 0.717) is 0 Å². The molecule has 21 heavy (non-hydrogen) atoms. The second-order valence-electron chi connectivity index (χ2n) is 4.96. The topological polar surface area (TPSA) is 42.7 Å². The summed E-state index contributed by atoms with van der Waals surface area (Å²) in [6.45, 7) is 2.00. The Morgan fingerprint density at radius 2 is 1.86 bits per heavy atom. The van der Waals surface area contributed by atoms with Crippen molar-refractivity contribution >= 4 is 0 Å². The van der Waals surface area contributed by atoms with Crippen LogP contribution in [0.25, 0.3) is 5.69 Å². The highest BCUT2D eigenvalue weighted by molar-refractivity contribution is 5.36. The van der Waals surface area contributed by atoms with E-state index in [4.69, 9.17) is 0 Å². The van der Waals surface area contributed by atoms with E-state index in [1.807, 2.05) is 61.4 Å². The lowest BCUT2D eigenvalue weighted by Crippen LogP contribution is -2.21. The van der Waals surface area contributed by atoms with E-state index >= 15 is 0 Å². The van der Waals surface area contributed by atoms with Crippen molar-refractivity contribution in [3.05, 3.63) is 77.9 Å². The molecule has 1 aromatic carbocycles. The molecule has 1 unspecified atom stereocenters. The number of aromatic nitrogens is 3. The maximum absolute atomic E-state index is 4.46. The molecule has 4 nitrogen and oxygen atoms in total. The monoisotopic (exact) mass is 278 g/mol. The summed E-state index contributed by atoms with van der Waals surface area (Å²) in [6, 6.07) is 16.4. The quantitative estimate of drug-likeness (QED) is 0.798. The Hall–Kier alpha value is -2.46. The predicted molar refractivity (Wildman–Crippen MR) is 83.4 cm³/mol. The molecule has 4 heteroatoms. The summed E-state index contributed by atoms with van der Waals surface area (Å²) in [7, 11) is 1.96. The smallest absolute Gasteiger partial charge is 0.0751 e. The van der Waals surface area contributed by atoms with Gasteiger partial charge in [-0.1, -0.05) is 18.2 Å². The van der Waals surface area contributed by atoms with Gasteiger partial charge in [0, 0.05) is 18.1 Å². The fourth-order valence-corrected chi connectivity index (χ4v) is 2.55. The summed E-state index contributed by atoms with van der Waals surface area (Å²) < 4.78 is 1.97. The predicted octanol–water partition coefficient (Wildman–Crippen LogP) is 2.88. The van der Waals surface area contributed by atoms with E-state index in [2.05, 4.69) is 33.6 Å². The molecule has 2 heterocycles. The van der Waals surface area contributed by atoms with Gasteiger partial charge >= 0.3 is 0 Å². The van der Waals surface area contributed by atoms with Crippen molar-refractivity contribution in [1.29, 1.82) is 0 Å². The summed E-state index contributed by atoms with van der Waals surface area (Å²) in [4.78, 5) is 4.27. The van der Waals surface area contributed by atoms with Gasteiger partial charge in [0.05, 0.1) is 17.4 Å². The Balaban J connectivity index is 2.05. The van der Waals surface area contributed by atoms with Crippen molar-refractivity contribution in [2.75, 3.05) is 7.05 Å². The first kappa shape index (κ1) is 13.5. The highest BCUT2D eigenvalue weighted by atomic mass is 15.3. The van der Waals surface area contributed by atoms with Gasteiger partial charge in [-0.3, -0.25) is 4.98 Å². The van der Waals surface area contributed by atoms with E-state index in [1.165, 1.54) is 5.56 Å². The second-order valence-corrected chi connectivity index (χ2v) is 4.96. The van der Waals surface area contributed by atoms with Crippen LogP contribution in [-0.4, -0.2) is 21.8 Å². The van der Waals surface area contributed by atoms with Crippen LogP contribution in [0.1, 0.15) is 23.0 Å². The van der Waals surface area contributed by atoms with Gasteiger partial charge in [0.25, 0.3) is 0 Å². The van der Waals surface area contributed by atoms with E-state index in [0.717, 1.165) is 17.1 Å². The molecular weight excluding hydrogens is 260 g/mol. The van der Waals surface area contributed by atoms with Gasteiger partial charge in [0.2, 0.25) is 0 Å². The summed E-state index contributed by atoms with van der Waals surface area (Å²) in [5.74, 6) is 0. The van der Waals surface area contributed by atoms with Crippen molar-refractivity contribution < 1.29 is 0 Å². The lowest BCUT2D eigenvalue weighted by Gasteiger charge is -2.18. The molecule has 0 aliphatic carbocycles. The van der Waals surface area contributed by atoms with Gasteiger partial charge < -0.3 is 5.32 Å². The van der Waals surface area contributed by atoms with E-state index in [9.17, 15) is 0 Å². The fourth-order valence-electron chi connectivity index (χ4n) is 2.55. The van der Waals surface area contributed by atoms with Crippen LogP contribution in [0.15, 0.2) is 60.9 Å². The Labute approximate surface area is 124 Å². The molecule has 1 N–H and O–H groups in total. The number of para-hydroxylation sites is 1. The third-order valence-electron chi connectivity index (χ3n) is 3.51. The van der Waals surface area contributed by atoms with E-state index in [1.54, 1.807) is 0 Å². The van der Waals surface area contributed by atoms with Gasteiger partial charge in [0.1, 0.15) is 0 Å². The van der Waals surface area contributed by atoms with Gasteiger partial charge in [-0.2, -0.15) is 5.10 Å². The van der Waals surface area contributed by atoms with Gasteiger partial charge in [-0.15, -0.1) is 0 Å². The Kier molecular flexibility index (Phi) is 3.79. The summed E-state index contributed by atoms with van der Waals surface area (Å²) in [5.41, 5.74) is 4.36. The molecular formula is C17H18N4.